The van der Waals surface area contributed by atoms with Crippen molar-refractivity contribution in [2.75, 3.05) is 0 Å². The van der Waals surface area contributed by atoms with Gasteiger partial charge in [-0.25, -0.2) is 0 Å². The van der Waals surface area contributed by atoms with Crippen LogP contribution in [0, 0.1) is 0 Å². The van der Waals surface area contributed by atoms with Crippen molar-refractivity contribution in [2.45, 2.75) is 13.0 Å². The molecule has 0 aliphatic heterocycles. The van der Waals surface area contributed by atoms with Gasteiger partial charge in [0, 0.05) is 24.7 Å². The van der Waals surface area contributed by atoms with E-state index in [1.165, 1.54) is 10.6 Å². The molecular formula is C19H17N5O2. The summed E-state index contributed by atoms with van der Waals surface area (Å²) in [5, 5.41) is 11.9. The zero-order chi connectivity index (χ0) is 18.3. The molecule has 1 aromatic carbocycles. The van der Waals surface area contributed by atoms with Crippen molar-refractivity contribution in [3.63, 3.8) is 0 Å². The van der Waals surface area contributed by atoms with Gasteiger partial charge < -0.3 is 9.88 Å². The number of benzene rings is 1. The van der Waals surface area contributed by atoms with Gasteiger partial charge in [0.05, 0.1) is 17.1 Å². The molecule has 0 unspecified atom stereocenters. The van der Waals surface area contributed by atoms with Crippen LogP contribution in [-0.4, -0.2) is 25.1 Å². The van der Waals surface area contributed by atoms with Crippen molar-refractivity contribution in [2.24, 2.45) is 7.05 Å². The van der Waals surface area contributed by atoms with E-state index in [0.717, 1.165) is 5.39 Å². The average molecular weight is 347 g/mol. The van der Waals surface area contributed by atoms with E-state index in [-0.39, 0.29) is 17.5 Å². The minimum Gasteiger partial charge on any atom is -0.342 e. The quantitative estimate of drug-likeness (QED) is 0.615. The van der Waals surface area contributed by atoms with E-state index in [0.29, 0.717) is 22.6 Å². The van der Waals surface area contributed by atoms with Gasteiger partial charge in [-0.1, -0.05) is 24.3 Å². The molecule has 0 radical (unpaired) electrons. The monoisotopic (exact) mass is 347 g/mol. The van der Waals surface area contributed by atoms with Gasteiger partial charge in [0.25, 0.3) is 11.5 Å². The molecule has 0 fully saturated rings. The lowest BCUT2D eigenvalue weighted by Crippen LogP contribution is -2.30. The Labute approximate surface area is 148 Å². The molecule has 3 heterocycles. The highest BCUT2D eigenvalue weighted by atomic mass is 16.2. The third-order valence-electron chi connectivity index (χ3n) is 4.47. The van der Waals surface area contributed by atoms with Crippen LogP contribution in [0.5, 0.6) is 0 Å². The Morgan fingerprint density at radius 1 is 1.12 bits per heavy atom. The van der Waals surface area contributed by atoms with Gasteiger partial charge in [-0.05, 0) is 25.1 Å². The van der Waals surface area contributed by atoms with Gasteiger partial charge in [-0.15, -0.1) is 10.2 Å². The first-order valence-corrected chi connectivity index (χ1v) is 8.25. The third kappa shape index (κ3) is 2.54. The first kappa shape index (κ1) is 16.0. The molecule has 4 rings (SSSR count). The SMILES string of the molecule is C[C@H](NC(=O)c1cc(=O)n(C)c2ccccc12)c1nnc2ccccn12. The Morgan fingerprint density at radius 3 is 2.73 bits per heavy atom. The van der Waals surface area contributed by atoms with Crippen LogP contribution in [-0.2, 0) is 7.05 Å². The molecule has 1 atom stereocenters. The van der Waals surface area contributed by atoms with Crippen molar-refractivity contribution < 1.29 is 4.79 Å². The Hall–Kier alpha value is -3.48. The topological polar surface area (TPSA) is 81.3 Å². The van der Waals surface area contributed by atoms with Crippen molar-refractivity contribution in [1.29, 1.82) is 0 Å². The lowest BCUT2D eigenvalue weighted by molar-refractivity contribution is 0.0939. The summed E-state index contributed by atoms with van der Waals surface area (Å²) in [7, 11) is 1.69. The summed E-state index contributed by atoms with van der Waals surface area (Å²) in [4.78, 5) is 25.1. The highest BCUT2D eigenvalue weighted by Gasteiger charge is 2.19. The van der Waals surface area contributed by atoms with Gasteiger partial charge in [0.2, 0.25) is 0 Å². The minimum absolute atomic E-state index is 0.227. The molecule has 26 heavy (non-hydrogen) atoms. The molecular weight excluding hydrogens is 330 g/mol. The molecule has 130 valence electrons. The third-order valence-corrected chi connectivity index (χ3v) is 4.47. The number of hydrogen-bond acceptors (Lipinski definition) is 4. The number of aromatic nitrogens is 4. The van der Waals surface area contributed by atoms with Gasteiger partial charge in [-0.2, -0.15) is 0 Å². The predicted molar refractivity (Wildman–Crippen MR) is 98.1 cm³/mol. The fourth-order valence-electron chi connectivity index (χ4n) is 3.09. The summed E-state index contributed by atoms with van der Waals surface area (Å²) in [6.07, 6.45) is 1.85. The van der Waals surface area contributed by atoms with E-state index in [9.17, 15) is 9.59 Å². The van der Waals surface area contributed by atoms with E-state index in [4.69, 9.17) is 0 Å². The number of carbonyl (C=O) groups is 1. The molecule has 0 saturated carbocycles. The molecule has 0 aliphatic rings. The fourth-order valence-corrected chi connectivity index (χ4v) is 3.09. The summed E-state index contributed by atoms with van der Waals surface area (Å²) in [6.45, 7) is 1.84. The van der Waals surface area contributed by atoms with Crippen LogP contribution in [0.25, 0.3) is 16.6 Å². The number of para-hydroxylation sites is 1. The first-order chi connectivity index (χ1) is 12.6. The smallest absolute Gasteiger partial charge is 0.252 e. The number of rotatable bonds is 3. The van der Waals surface area contributed by atoms with E-state index < -0.39 is 0 Å². The largest absolute Gasteiger partial charge is 0.342 e. The molecule has 0 saturated heterocycles. The summed E-state index contributed by atoms with van der Waals surface area (Å²) in [6, 6.07) is 13.9. The Kier molecular flexibility index (Phi) is 3.76. The van der Waals surface area contributed by atoms with Crippen molar-refractivity contribution in [1.82, 2.24) is 24.5 Å². The number of fused-ring (bicyclic) bond motifs is 2. The van der Waals surface area contributed by atoms with Crippen molar-refractivity contribution in [3.05, 3.63) is 76.5 Å². The van der Waals surface area contributed by atoms with Crippen LogP contribution in [0.1, 0.15) is 29.1 Å². The van der Waals surface area contributed by atoms with E-state index in [1.807, 2.05) is 60.0 Å². The van der Waals surface area contributed by atoms with Gasteiger partial charge >= 0.3 is 0 Å². The molecule has 0 spiro atoms. The van der Waals surface area contributed by atoms with E-state index in [1.54, 1.807) is 7.05 Å². The number of nitrogens with zero attached hydrogens (tertiary/aromatic N) is 4. The number of pyridine rings is 2. The predicted octanol–water partition coefficient (Wildman–Crippen LogP) is 2.07. The highest BCUT2D eigenvalue weighted by molar-refractivity contribution is 6.06. The zero-order valence-electron chi connectivity index (χ0n) is 14.4. The standard InChI is InChI=1S/C19H17N5O2/c1-12(18-22-21-16-9-5-6-10-24(16)18)20-19(26)14-11-17(25)23(2)15-8-4-3-7-13(14)15/h3-12H,1-2H3,(H,20,26)/t12-/m0/s1. The minimum atomic E-state index is -0.372. The normalized spacial score (nSPS) is 12.4. The van der Waals surface area contributed by atoms with Gasteiger partial charge in [0.1, 0.15) is 0 Å². The fraction of sp³-hybridized carbons (Fsp3) is 0.158. The number of aryl methyl sites for hydroxylation is 1. The maximum atomic E-state index is 12.8. The van der Waals surface area contributed by atoms with Gasteiger partial charge in [0.15, 0.2) is 11.5 Å². The van der Waals surface area contributed by atoms with Crippen LogP contribution in [0.2, 0.25) is 0 Å². The zero-order valence-corrected chi connectivity index (χ0v) is 14.4. The highest BCUT2D eigenvalue weighted by Crippen LogP contribution is 2.18. The molecule has 7 nitrogen and oxygen atoms in total. The number of amides is 1. The maximum absolute atomic E-state index is 12.8. The second kappa shape index (κ2) is 6.11. The van der Waals surface area contributed by atoms with E-state index >= 15 is 0 Å². The van der Waals surface area contributed by atoms with Crippen LogP contribution < -0.4 is 10.9 Å². The number of hydrogen-bond donors (Lipinski definition) is 1. The lowest BCUT2D eigenvalue weighted by atomic mass is 10.1. The molecule has 0 aliphatic carbocycles. The van der Waals surface area contributed by atoms with Gasteiger partial charge in [-0.3, -0.25) is 14.0 Å². The first-order valence-electron chi connectivity index (χ1n) is 8.25. The number of carbonyl (C=O) groups excluding carboxylic acids is 1. The molecule has 1 N–H and O–H groups in total. The molecule has 4 aromatic rings. The second-order valence-electron chi connectivity index (χ2n) is 6.15. The molecule has 0 bridgehead atoms. The summed E-state index contributed by atoms with van der Waals surface area (Å²) in [5.74, 6) is 0.307. The van der Waals surface area contributed by atoms with Crippen molar-refractivity contribution in [3.8, 4) is 0 Å². The second-order valence-corrected chi connectivity index (χ2v) is 6.15. The van der Waals surface area contributed by atoms with Crippen molar-refractivity contribution >= 4 is 22.5 Å². The van der Waals surface area contributed by atoms with Crippen LogP contribution in [0.15, 0.2) is 59.5 Å². The summed E-state index contributed by atoms with van der Waals surface area (Å²) in [5.41, 5.74) is 1.55. The molecule has 7 heteroatoms. The van der Waals surface area contributed by atoms with Crippen LogP contribution >= 0.6 is 0 Å². The Balaban J connectivity index is 1.72. The van der Waals surface area contributed by atoms with E-state index in [2.05, 4.69) is 15.5 Å². The van der Waals surface area contributed by atoms with Crippen LogP contribution in [0.3, 0.4) is 0 Å². The molecule has 3 aromatic heterocycles. The van der Waals surface area contributed by atoms with Crippen LogP contribution in [0.4, 0.5) is 0 Å². The summed E-state index contributed by atoms with van der Waals surface area (Å²) >= 11 is 0. The Bertz CT molecular complexity index is 1190. The maximum Gasteiger partial charge on any atom is 0.252 e. The summed E-state index contributed by atoms with van der Waals surface area (Å²) < 4.78 is 3.36. The lowest BCUT2D eigenvalue weighted by Gasteiger charge is -2.14. The molecule has 1 amide bonds. The average Bonchev–Trinajstić information content (AvgIpc) is 3.09. The number of nitrogens with one attached hydrogen (secondary N) is 1. The Morgan fingerprint density at radius 2 is 1.88 bits per heavy atom.